The van der Waals surface area contributed by atoms with Crippen LogP contribution in [-0.4, -0.2) is 40.0 Å². The van der Waals surface area contributed by atoms with Gasteiger partial charge in [-0.2, -0.15) is 0 Å². The van der Waals surface area contributed by atoms with Crippen LogP contribution in [0.4, 0.5) is 0 Å². The van der Waals surface area contributed by atoms with Gasteiger partial charge < -0.3 is 10.0 Å². The molecule has 0 bridgehead atoms. The second kappa shape index (κ2) is 5.38. The van der Waals surface area contributed by atoms with E-state index >= 15 is 0 Å². The maximum atomic E-state index is 12.3. The first-order valence-electron chi connectivity index (χ1n) is 6.46. The third kappa shape index (κ3) is 3.10. The van der Waals surface area contributed by atoms with Crippen LogP contribution >= 0.6 is 0 Å². The van der Waals surface area contributed by atoms with Gasteiger partial charge in [-0.15, -0.1) is 0 Å². The molecule has 0 radical (unpaired) electrons. The summed E-state index contributed by atoms with van der Waals surface area (Å²) >= 11 is 0. The van der Waals surface area contributed by atoms with Crippen molar-refractivity contribution < 1.29 is 14.7 Å². The van der Waals surface area contributed by atoms with Gasteiger partial charge in [0.15, 0.2) is 0 Å². The van der Waals surface area contributed by atoms with Gasteiger partial charge in [0.25, 0.3) is 5.91 Å². The van der Waals surface area contributed by atoms with E-state index in [1.165, 1.54) is 18.3 Å². The van der Waals surface area contributed by atoms with Crippen molar-refractivity contribution in [2.75, 3.05) is 13.1 Å². The van der Waals surface area contributed by atoms with Crippen molar-refractivity contribution in [2.24, 2.45) is 11.8 Å². The molecule has 1 saturated heterocycles. The summed E-state index contributed by atoms with van der Waals surface area (Å²) in [5.41, 5.74) is 0.406. The van der Waals surface area contributed by atoms with E-state index in [9.17, 15) is 9.59 Å². The van der Waals surface area contributed by atoms with Crippen molar-refractivity contribution >= 4 is 11.9 Å². The van der Waals surface area contributed by atoms with Gasteiger partial charge in [-0.3, -0.25) is 4.79 Å². The lowest BCUT2D eigenvalue weighted by atomic mass is 9.91. The zero-order valence-corrected chi connectivity index (χ0v) is 11.2. The fourth-order valence-corrected chi connectivity index (χ4v) is 2.66. The van der Waals surface area contributed by atoms with Crippen molar-refractivity contribution in [3.8, 4) is 0 Å². The molecule has 1 N–H and O–H groups in total. The van der Waals surface area contributed by atoms with E-state index in [1.807, 2.05) is 4.90 Å². The lowest BCUT2D eigenvalue weighted by molar-refractivity contribution is 0.0620. The Balaban J connectivity index is 2.12. The van der Waals surface area contributed by atoms with Crippen molar-refractivity contribution in [3.63, 3.8) is 0 Å². The molecule has 0 saturated carbocycles. The topological polar surface area (TPSA) is 70.5 Å². The molecule has 102 valence electrons. The predicted molar refractivity (Wildman–Crippen MR) is 70.0 cm³/mol. The van der Waals surface area contributed by atoms with Crippen LogP contribution in [0.2, 0.25) is 0 Å². The lowest BCUT2D eigenvalue weighted by Crippen LogP contribution is -2.42. The SMILES string of the molecule is CC1CC(C)CN(C(=O)c2ccc(C(=O)O)nc2)C1. The molecular formula is C14H18N2O3. The molecule has 1 aliphatic heterocycles. The van der Waals surface area contributed by atoms with Gasteiger partial charge in [-0.25, -0.2) is 9.78 Å². The number of hydrogen-bond donors (Lipinski definition) is 1. The van der Waals surface area contributed by atoms with Crippen LogP contribution in [0.1, 0.15) is 41.1 Å². The fraction of sp³-hybridized carbons (Fsp3) is 0.500. The first-order valence-corrected chi connectivity index (χ1v) is 6.46. The van der Waals surface area contributed by atoms with Crippen molar-refractivity contribution in [3.05, 3.63) is 29.6 Å². The Hall–Kier alpha value is -1.91. The molecule has 0 aliphatic carbocycles. The molecule has 1 amide bonds. The van der Waals surface area contributed by atoms with Crippen LogP contribution in [-0.2, 0) is 0 Å². The smallest absolute Gasteiger partial charge is 0.354 e. The highest BCUT2D eigenvalue weighted by Crippen LogP contribution is 2.22. The number of aromatic carboxylic acids is 1. The molecular weight excluding hydrogens is 244 g/mol. The molecule has 2 atom stereocenters. The molecule has 1 aromatic heterocycles. The summed E-state index contributed by atoms with van der Waals surface area (Å²) in [6.07, 6.45) is 2.48. The number of likely N-dealkylation sites (tertiary alicyclic amines) is 1. The lowest BCUT2D eigenvalue weighted by Gasteiger charge is -2.35. The summed E-state index contributed by atoms with van der Waals surface area (Å²) in [6.45, 7) is 5.79. The molecule has 1 aliphatic rings. The number of pyridine rings is 1. The van der Waals surface area contributed by atoms with E-state index in [0.717, 1.165) is 19.5 Å². The summed E-state index contributed by atoms with van der Waals surface area (Å²) in [7, 11) is 0. The van der Waals surface area contributed by atoms with Gasteiger partial charge in [-0.1, -0.05) is 13.8 Å². The average molecular weight is 262 g/mol. The zero-order chi connectivity index (χ0) is 14.0. The highest BCUT2D eigenvalue weighted by Gasteiger charge is 2.26. The van der Waals surface area contributed by atoms with Crippen LogP contribution < -0.4 is 0 Å². The van der Waals surface area contributed by atoms with Gasteiger partial charge in [0.05, 0.1) is 5.56 Å². The number of nitrogens with zero attached hydrogens (tertiary/aromatic N) is 2. The van der Waals surface area contributed by atoms with Crippen LogP contribution in [0.25, 0.3) is 0 Å². The normalized spacial score (nSPS) is 23.2. The summed E-state index contributed by atoms with van der Waals surface area (Å²) < 4.78 is 0. The monoisotopic (exact) mass is 262 g/mol. The summed E-state index contributed by atoms with van der Waals surface area (Å²) in [5.74, 6) is -0.153. The zero-order valence-electron chi connectivity index (χ0n) is 11.2. The minimum absolute atomic E-state index is 0.0445. The van der Waals surface area contributed by atoms with Gasteiger partial charge in [0, 0.05) is 19.3 Å². The van der Waals surface area contributed by atoms with Crippen LogP contribution in [0.15, 0.2) is 18.3 Å². The predicted octanol–water partition coefficient (Wildman–Crippen LogP) is 1.90. The summed E-state index contributed by atoms with van der Waals surface area (Å²) in [4.78, 5) is 28.6. The molecule has 5 nitrogen and oxygen atoms in total. The van der Waals surface area contributed by atoms with Gasteiger partial charge in [0.1, 0.15) is 5.69 Å². The summed E-state index contributed by atoms with van der Waals surface area (Å²) in [6, 6.07) is 2.90. The number of rotatable bonds is 2. The number of aromatic nitrogens is 1. The van der Waals surface area contributed by atoms with Gasteiger partial charge >= 0.3 is 5.97 Å². The Morgan fingerprint density at radius 2 is 1.89 bits per heavy atom. The second-order valence-corrected chi connectivity index (χ2v) is 5.39. The number of carbonyl (C=O) groups excluding carboxylic acids is 1. The Labute approximate surface area is 112 Å². The number of carboxylic acids is 1. The van der Waals surface area contributed by atoms with Gasteiger partial charge in [-0.05, 0) is 30.4 Å². The fourth-order valence-electron chi connectivity index (χ4n) is 2.66. The molecule has 0 aromatic carbocycles. The number of amides is 1. The van der Waals surface area contributed by atoms with Crippen LogP contribution in [0.5, 0.6) is 0 Å². The quantitative estimate of drug-likeness (QED) is 0.883. The highest BCUT2D eigenvalue weighted by atomic mass is 16.4. The van der Waals surface area contributed by atoms with E-state index in [-0.39, 0.29) is 11.6 Å². The third-order valence-corrected chi connectivity index (χ3v) is 3.39. The van der Waals surface area contributed by atoms with E-state index in [0.29, 0.717) is 17.4 Å². The molecule has 2 rings (SSSR count). The summed E-state index contributed by atoms with van der Waals surface area (Å²) in [5, 5.41) is 8.77. The average Bonchev–Trinajstić information content (AvgIpc) is 2.37. The Morgan fingerprint density at radius 3 is 2.37 bits per heavy atom. The van der Waals surface area contributed by atoms with Crippen LogP contribution in [0, 0.1) is 11.8 Å². The van der Waals surface area contributed by atoms with Crippen LogP contribution in [0.3, 0.4) is 0 Å². The minimum Gasteiger partial charge on any atom is -0.477 e. The van der Waals surface area contributed by atoms with E-state index in [4.69, 9.17) is 5.11 Å². The molecule has 19 heavy (non-hydrogen) atoms. The van der Waals surface area contributed by atoms with Crippen molar-refractivity contribution in [1.82, 2.24) is 9.88 Å². The van der Waals surface area contributed by atoms with Gasteiger partial charge in [0.2, 0.25) is 0 Å². The molecule has 1 aromatic rings. The number of piperidine rings is 1. The number of carbonyl (C=O) groups is 2. The number of carboxylic acid groups (broad SMARTS) is 1. The van der Waals surface area contributed by atoms with Crippen molar-refractivity contribution in [1.29, 1.82) is 0 Å². The number of hydrogen-bond acceptors (Lipinski definition) is 3. The molecule has 0 spiro atoms. The van der Waals surface area contributed by atoms with Crippen molar-refractivity contribution in [2.45, 2.75) is 20.3 Å². The first-order chi connectivity index (χ1) is 8.97. The maximum absolute atomic E-state index is 12.3. The largest absolute Gasteiger partial charge is 0.477 e. The maximum Gasteiger partial charge on any atom is 0.354 e. The Bertz CT molecular complexity index is 474. The van der Waals surface area contributed by atoms with E-state index in [1.54, 1.807) is 0 Å². The first kappa shape index (κ1) is 13.5. The third-order valence-electron chi connectivity index (χ3n) is 3.39. The molecule has 2 heterocycles. The minimum atomic E-state index is -1.08. The molecule has 2 unspecified atom stereocenters. The molecule has 5 heteroatoms. The van der Waals surface area contributed by atoms with E-state index in [2.05, 4.69) is 18.8 Å². The standard InChI is InChI=1S/C14H18N2O3/c1-9-5-10(2)8-16(7-9)13(17)11-3-4-12(14(18)19)15-6-11/h3-4,6,9-10H,5,7-8H2,1-2H3,(H,18,19). The van der Waals surface area contributed by atoms with E-state index < -0.39 is 5.97 Å². The Morgan fingerprint density at radius 1 is 1.26 bits per heavy atom. The highest BCUT2D eigenvalue weighted by molar-refractivity contribution is 5.95. The Kier molecular flexibility index (Phi) is 3.83. The molecule has 1 fully saturated rings. The second-order valence-electron chi connectivity index (χ2n) is 5.39.